The van der Waals surface area contributed by atoms with Gasteiger partial charge in [-0.3, -0.25) is 0 Å². The van der Waals surface area contributed by atoms with E-state index in [1.54, 1.807) is 0 Å². The largest absolute Gasteiger partial charge is 0.376 e. The Morgan fingerprint density at radius 1 is 1.06 bits per heavy atom. The van der Waals surface area contributed by atoms with Crippen LogP contribution in [0, 0.1) is 17.8 Å². The minimum Gasteiger partial charge on any atom is -0.376 e. The van der Waals surface area contributed by atoms with Gasteiger partial charge in [0.1, 0.15) is 0 Å². The third-order valence-electron chi connectivity index (χ3n) is 4.63. The van der Waals surface area contributed by atoms with Gasteiger partial charge in [-0.05, 0) is 37.5 Å². The molecule has 3 unspecified atom stereocenters. The average molecular weight is 253 g/mol. The van der Waals surface area contributed by atoms with E-state index in [-0.39, 0.29) is 0 Å². The molecule has 0 spiro atoms. The summed E-state index contributed by atoms with van der Waals surface area (Å²) in [6.45, 7) is 20.5. The number of allylic oxidation sites excluding steroid dienone is 1. The first kappa shape index (κ1) is 17.5. The first-order valence-electron chi connectivity index (χ1n) is 7.94. The molecule has 0 saturated carbocycles. The topological polar surface area (TPSA) is 3.24 Å². The number of nitrogens with zero attached hydrogens (tertiary/aromatic N) is 1. The highest BCUT2D eigenvalue weighted by Crippen LogP contribution is 2.31. The van der Waals surface area contributed by atoms with Crippen LogP contribution >= 0.6 is 0 Å². The summed E-state index contributed by atoms with van der Waals surface area (Å²) < 4.78 is 0. The summed E-state index contributed by atoms with van der Waals surface area (Å²) in [6.07, 6.45) is 4.95. The maximum absolute atomic E-state index is 4.33. The Morgan fingerprint density at radius 3 is 2.06 bits per heavy atom. The van der Waals surface area contributed by atoms with Gasteiger partial charge in [-0.25, -0.2) is 0 Å². The van der Waals surface area contributed by atoms with E-state index >= 15 is 0 Å². The predicted octanol–water partition coefficient (Wildman–Crippen LogP) is 5.33. The van der Waals surface area contributed by atoms with Crippen molar-refractivity contribution in [3.8, 4) is 0 Å². The molecule has 0 aliphatic heterocycles. The zero-order valence-electron chi connectivity index (χ0n) is 13.6. The summed E-state index contributed by atoms with van der Waals surface area (Å²) in [6, 6.07) is 0. The van der Waals surface area contributed by atoms with Crippen molar-refractivity contribution in [1.82, 2.24) is 4.90 Å². The van der Waals surface area contributed by atoms with Crippen molar-refractivity contribution < 1.29 is 0 Å². The molecule has 1 nitrogen and oxygen atoms in total. The summed E-state index contributed by atoms with van der Waals surface area (Å²) in [5.74, 6) is 2.42. The monoisotopic (exact) mass is 253 g/mol. The maximum atomic E-state index is 4.33. The van der Waals surface area contributed by atoms with E-state index < -0.39 is 0 Å². The normalized spacial score (nSPS) is 16.1. The Balaban J connectivity index is 4.47. The van der Waals surface area contributed by atoms with Crippen molar-refractivity contribution in [2.75, 3.05) is 13.1 Å². The highest BCUT2D eigenvalue weighted by molar-refractivity contribution is 4.96. The zero-order valence-corrected chi connectivity index (χ0v) is 13.6. The molecule has 0 amide bonds. The highest BCUT2D eigenvalue weighted by Gasteiger charge is 2.22. The van der Waals surface area contributed by atoms with E-state index in [1.165, 1.54) is 31.4 Å². The molecule has 18 heavy (non-hydrogen) atoms. The summed E-state index contributed by atoms with van der Waals surface area (Å²) in [5, 5.41) is 0. The molecule has 0 aromatic heterocycles. The van der Waals surface area contributed by atoms with Crippen molar-refractivity contribution >= 4 is 0 Å². The van der Waals surface area contributed by atoms with E-state index in [0.29, 0.717) is 0 Å². The van der Waals surface area contributed by atoms with Gasteiger partial charge in [0.05, 0.1) is 0 Å². The summed E-state index contributed by atoms with van der Waals surface area (Å²) in [5.41, 5.74) is 1.35. The Labute approximate surface area is 116 Å². The molecule has 0 rings (SSSR count). The van der Waals surface area contributed by atoms with Crippen molar-refractivity contribution in [3.05, 3.63) is 12.3 Å². The van der Waals surface area contributed by atoms with E-state index in [0.717, 1.165) is 30.8 Å². The van der Waals surface area contributed by atoms with Gasteiger partial charge >= 0.3 is 0 Å². The molecule has 1 heteroatoms. The van der Waals surface area contributed by atoms with E-state index in [4.69, 9.17) is 0 Å². The second-order valence-electron chi connectivity index (χ2n) is 5.76. The lowest BCUT2D eigenvalue weighted by Crippen LogP contribution is -2.27. The molecular weight excluding hydrogens is 218 g/mol. The second-order valence-corrected chi connectivity index (χ2v) is 5.76. The van der Waals surface area contributed by atoms with Gasteiger partial charge in [-0.15, -0.1) is 0 Å². The molecule has 0 N–H and O–H groups in total. The van der Waals surface area contributed by atoms with Crippen LogP contribution in [0.3, 0.4) is 0 Å². The Kier molecular flexibility index (Phi) is 9.23. The lowest BCUT2D eigenvalue weighted by Gasteiger charge is -2.32. The number of rotatable bonds is 10. The van der Waals surface area contributed by atoms with Crippen LogP contribution in [0.25, 0.3) is 0 Å². The van der Waals surface area contributed by atoms with Crippen LogP contribution in [0.4, 0.5) is 0 Å². The lowest BCUT2D eigenvalue weighted by molar-refractivity contribution is 0.227. The molecule has 0 radical (unpaired) electrons. The third kappa shape index (κ3) is 5.46. The van der Waals surface area contributed by atoms with Crippen molar-refractivity contribution in [3.63, 3.8) is 0 Å². The van der Waals surface area contributed by atoms with Gasteiger partial charge in [0.2, 0.25) is 0 Å². The van der Waals surface area contributed by atoms with Crippen LogP contribution in [0.1, 0.15) is 67.2 Å². The van der Waals surface area contributed by atoms with E-state index in [1.807, 2.05) is 0 Å². The quantitative estimate of drug-likeness (QED) is 0.508. The summed E-state index contributed by atoms with van der Waals surface area (Å²) >= 11 is 0. The molecular formula is C17H35N. The van der Waals surface area contributed by atoms with Crippen LogP contribution in [0.5, 0.6) is 0 Å². The molecule has 0 bridgehead atoms. The molecule has 0 saturated heterocycles. The average Bonchev–Trinajstić information content (AvgIpc) is 2.39. The highest BCUT2D eigenvalue weighted by atomic mass is 15.1. The van der Waals surface area contributed by atoms with Crippen LogP contribution in [-0.2, 0) is 0 Å². The minimum absolute atomic E-state index is 0.790. The summed E-state index contributed by atoms with van der Waals surface area (Å²) in [7, 11) is 0. The summed E-state index contributed by atoms with van der Waals surface area (Å²) in [4.78, 5) is 2.45. The van der Waals surface area contributed by atoms with Crippen LogP contribution < -0.4 is 0 Å². The van der Waals surface area contributed by atoms with Crippen molar-refractivity contribution in [2.45, 2.75) is 67.2 Å². The molecule has 0 aromatic carbocycles. The third-order valence-corrected chi connectivity index (χ3v) is 4.63. The molecule has 0 aliphatic carbocycles. The second kappa shape index (κ2) is 9.47. The fourth-order valence-corrected chi connectivity index (χ4v) is 2.78. The van der Waals surface area contributed by atoms with E-state index in [9.17, 15) is 0 Å². The van der Waals surface area contributed by atoms with Crippen molar-refractivity contribution in [1.29, 1.82) is 0 Å². The standard InChI is InChI=1S/C17H35N/c1-8-12-18(11-4)15(6)13-17(10-3)16(7)14(5)9-2/h14,16-17H,6,8-13H2,1-5,7H3. The zero-order chi connectivity index (χ0) is 14.1. The molecule has 0 fully saturated rings. The first-order chi connectivity index (χ1) is 8.51. The first-order valence-corrected chi connectivity index (χ1v) is 7.94. The van der Waals surface area contributed by atoms with Crippen molar-refractivity contribution in [2.24, 2.45) is 17.8 Å². The Bertz CT molecular complexity index is 222. The molecule has 108 valence electrons. The van der Waals surface area contributed by atoms with Gasteiger partial charge in [0.15, 0.2) is 0 Å². The number of hydrogen-bond acceptors (Lipinski definition) is 1. The molecule has 0 aliphatic rings. The van der Waals surface area contributed by atoms with Gasteiger partial charge in [-0.1, -0.05) is 54.0 Å². The lowest BCUT2D eigenvalue weighted by atomic mass is 9.79. The molecule has 0 heterocycles. The van der Waals surface area contributed by atoms with Crippen LogP contribution in [0.2, 0.25) is 0 Å². The SMILES string of the molecule is C=C(CC(CC)C(C)C(C)CC)N(CC)CCC. The van der Waals surface area contributed by atoms with Gasteiger partial charge in [-0.2, -0.15) is 0 Å². The number of hydrogen-bond donors (Lipinski definition) is 0. The minimum atomic E-state index is 0.790. The van der Waals surface area contributed by atoms with Gasteiger partial charge in [0, 0.05) is 18.8 Å². The Hall–Kier alpha value is -0.460. The van der Waals surface area contributed by atoms with Gasteiger partial charge < -0.3 is 4.90 Å². The van der Waals surface area contributed by atoms with Crippen LogP contribution in [-0.4, -0.2) is 18.0 Å². The fourth-order valence-electron chi connectivity index (χ4n) is 2.78. The fraction of sp³-hybridized carbons (Fsp3) is 0.882. The maximum Gasteiger partial charge on any atom is 0.0172 e. The Morgan fingerprint density at radius 2 is 1.67 bits per heavy atom. The smallest absolute Gasteiger partial charge is 0.0172 e. The predicted molar refractivity (Wildman–Crippen MR) is 83.7 cm³/mol. The van der Waals surface area contributed by atoms with E-state index in [2.05, 4.69) is 53.0 Å². The van der Waals surface area contributed by atoms with Crippen LogP contribution in [0.15, 0.2) is 12.3 Å². The molecule has 0 aromatic rings. The van der Waals surface area contributed by atoms with Gasteiger partial charge in [0.25, 0.3) is 0 Å². The molecule has 3 atom stereocenters.